The predicted molar refractivity (Wildman–Crippen MR) is 94.6 cm³/mol. The summed E-state index contributed by atoms with van der Waals surface area (Å²) in [6, 6.07) is 9.06. The molecule has 0 fully saturated rings. The lowest BCUT2D eigenvalue weighted by atomic mass is 9.71. The summed E-state index contributed by atoms with van der Waals surface area (Å²) >= 11 is 0. The molecule has 0 aliphatic carbocycles. The third-order valence-corrected chi connectivity index (χ3v) is 3.83. The molecular formula is C20H30O4. The van der Waals surface area contributed by atoms with Crippen LogP contribution in [0.5, 0.6) is 0 Å². The van der Waals surface area contributed by atoms with Gasteiger partial charge in [0.1, 0.15) is 0 Å². The Bertz CT molecular complexity index is 508. The maximum Gasteiger partial charge on any atom is 0.328 e. The van der Waals surface area contributed by atoms with Gasteiger partial charge in [0.05, 0.1) is 13.2 Å². The molecule has 0 heterocycles. The lowest BCUT2D eigenvalue weighted by molar-refractivity contribution is -0.169. The molecule has 4 heteroatoms. The molecule has 0 aromatic heterocycles. The van der Waals surface area contributed by atoms with E-state index in [1.807, 2.05) is 59.7 Å². The fourth-order valence-corrected chi connectivity index (χ4v) is 2.54. The van der Waals surface area contributed by atoms with E-state index in [4.69, 9.17) is 9.47 Å². The van der Waals surface area contributed by atoms with Crippen molar-refractivity contribution < 1.29 is 19.1 Å². The van der Waals surface area contributed by atoms with Crippen LogP contribution in [0.2, 0.25) is 0 Å². The molecule has 0 saturated carbocycles. The van der Waals surface area contributed by atoms with E-state index in [0.29, 0.717) is 5.56 Å². The van der Waals surface area contributed by atoms with Gasteiger partial charge in [-0.05, 0) is 23.3 Å². The molecule has 1 aromatic carbocycles. The average molecular weight is 334 g/mol. The molecule has 24 heavy (non-hydrogen) atoms. The van der Waals surface area contributed by atoms with Gasteiger partial charge in [0.15, 0.2) is 5.41 Å². The van der Waals surface area contributed by atoms with Gasteiger partial charge in [-0.1, -0.05) is 71.9 Å². The Kier molecular flexibility index (Phi) is 7.46. The van der Waals surface area contributed by atoms with Gasteiger partial charge in [0, 0.05) is 0 Å². The SMILES string of the molecule is CC(C)COC(=O)C(C(=O)OCC(C)C)(c1ccccc1)C(C)C. The zero-order valence-corrected chi connectivity index (χ0v) is 15.7. The monoisotopic (exact) mass is 334 g/mol. The fraction of sp³-hybridized carbons (Fsp3) is 0.600. The van der Waals surface area contributed by atoms with Gasteiger partial charge in [-0.25, -0.2) is 0 Å². The first-order chi connectivity index (χ1) is 11.2. The second-order valence-electron chi connectivity index (χ2n) is 7.31. The van der Waals surface area contributed by atoms with Crippen molar-refractivity contribution >= 4 is 11.9 Å². The molecule has 0 bridgehead atoms. The number of hydrogen-bond acceptors (Lipinski definition) is 4. The van der Waals surface area contributed by atoms with Crippen LogP contribution in [-0.2, 0) is 24.5 Å². The number of esters is 2. The largest absolute Gasteiger partial charge is 0.464 e. The van der Waals surface area contributed by atoms with E-state index in [9.17, 15) is 9.59 Å². The van der Waals surface area contributed by atoms with Crippen molar-refractivity contribution in [2.75, 3.05) is 13.2 Å². The van der Waals surface area contributed by atoms with Crippen LogP contribution in [-0.4, -0.2) is 25.2 Å². The van der Waals surface area contributed by atoms with Crippen LogP contribution in [0, 0.1) is 17.8 Å². The van der Waals surface area contributed by atoms with Gasteiger partial charge in [0.25, 0.3) is 0 Å². The van der Waals surface area contributed by atoms with Gasteiger partial charge in [-0.15, -0.1) is 0 Å². The first kappa shape index (κ1) is 20.2. The van der Waals surface area contributed by atoms with Gasteiger partial charge < -0.3 is 9.47 Å². The van der Waals surface area contributed by atoms with Crippen LogP contribution < -0.4 is 0 Å². The molecule has 1 rings (SSSR count). The number of carbonyl (C=O) groups is 2. The summed E-state index contributed by atoms with van der Waals surface area (Å²) in [7, 11) is 0. The van der Waals surface area contributed by atoms with E-state index >= 15 is 0 Å². The summed E-state index contributed by atoms with van der Waals surface area (Å²) in [6.45, 7) is 12.1. The maximum absolute atomic E-state index is 13.0. The molecule has 0 unspecified atom stereocenters. The summed E-state index contributed by atoms with van der Waals surface area (Å²) < 4.78 is 10.9. The number of hydrogen-bond donors (Lipinski definition) is 0. The number of ether oxygens (including phenoxy) is 2. The lowest BCUT2D eigenvalue weighted by Crippen LogP contribution is -2.50. The average Bonchev–Trinajstić information content (AvgIpc) is 2.52. The number of rotatable bonds is 8. The van der Waals surface area contributed by atoms with Crippen molar-refractivity contribution in [3.05, 3.63) is 35.9 Å². The lowest BCUT2D eigenvalue weighted by Gasteiger charge is -2.33. The Balaban J connectivity index is 3.30. The molecule has 1 aromatic rings. The zero-order chi connectivity index (χ0) is 18.3. The van der Waals surface area contributed by atoms with E-state index < -0.39 is 17.4 Å². The van der Waals surface area contributed by atoms with E-state index in [1.54, 1.807) is 12.1 Å². The van der Waals surface area contributed by atoms with E-state index in [1.165, 1.54) is 0 Å². The van der Waals surface area contributed by atoms with Crippen molar-refractivity contribution in [2.24, 2.45) is 17.8 Å². The summed E-state index contributed by atoms with van der Waals surface area (Å²) in [5.74, 6) is -0.973. The topological polar surface area (TPSA) is 52.6 Å². The third kappa shape index (κ3) is 4.59. The third-order valence-electron chi connectivity index (χ3n) is 3.83. The highest BCUT2D eigenvalue weighted by atomic mass is 16.6. The van der Waals surface area contributed by atoms with Crippen molar-refractivity contribution in [3.8, 4) is 0 Å². The molecule has 0 atom stereocenters. The highest BCUT2D eigenvalue weighted by molar-refractivity contribution is 6.06. The minimum atomic E-state index is -1.44. The number of carbonyl (C=O) groups excluding carboxylic acids is 2. The second-order valence-corrected chi connectivity index (χ2v) is 7.31. The molecule has 0 saturated heterocycles. The summed E-state index contributed by atoms with van der Waals surface area (Å²) in [5.41, 5.74) is -0.826. The Labute approximate surface area is 145 Å². The molecule has 0 radical (unpaired) electrons. The second kappa shape index (κ2) is 8.86. The van der Waals surface area contributed by atoms with Crippen molar-refractivity contribution in [1.29, 1.82) is 0 Å². The molecule has 4 nitrogen and oxygen atoms in total. The highest BCUT2D eigenvalue weighted by Gasteiger charge is 2.53. The molecule has 134 valence electrons. The van der Waals surface area contributed by atoms with Crippen molar-refractivity contribution in [1.82, 2.24) is 0 Å². The smallest absolute Gasteiger partial charge is 0.328 e. The minimum Gasteiger partial charge on any atom is -0.464 e. The Morgan fingerprint density at radius 3 is 1.58 bits per heavy atom. The highest BCUT2D eigenvalue weighted by Crippen LogP contribution is 2.36. The standard InChI is InChI=1S/C20H30O4/c1-14(2)12-23-18(21)20(16(5)6,17-10-8-7-9-11-17)19(22)24-13-15(3)4/h7-11,14-16H,12-13H2,1-6H3. The van der Waals surface area contributed by atoms with Gasteiger partial charge >= 0.3 is 11.9 Å². The van der Waals surface area contributed by atoms with Crippen LogP contribution in [0.3, 0.4) is 0 Å². The van der Waals surface area contributed by atoms with Crippen LogP contribution in [0.1, 0.15) is 47.1 Å². The Morgan fingerprint density at radius 1 is 0.833 bits per heavy atom. The Morgan fingerprint density at radius 2 is 1.25 bits per heavy atom. The first-order valence-electron chi connectivity index (χ1n) is 8.62. The predicted octanol–water partition coefficient (Wildman–Crippen LogP) is 3.98. The quantitative estimate of drug-likeness (QED) is 0.533. The summed E-state index contributed by atoms with van der Waals surface area (Å²) in [4.78, 5) is 25.9. The van der Waals surface area contributed by atoms with Crippen molar-refractivity contribution in [2.45, 2.75) is 47.0 Å². The summed E-state index contributed by atoms with van der Waals surface area (Å²) in [6.07, 6.45) is 0. The molecule has 0 N–H and O–H groups in total. The number of benzene rings is 1. The molecule has 0 amide bonds. The Hall–Kier alpha value is -1.84. The van der Waals surface area contributed by atoms with Crippen LogP contribution in [0.15, 0.2) is 30.3 Å². The van der Waals surface area contributed by atoms with E-state index in [0.717, 1.165) is 0 Å². The molecule has 0 aliphatic rings. The summed E-state index contributed by atoms with van der Waals surface area (Å²) in [5, 5.41) is 0. The van der Waals surface area contributed by atoms with Gasteiger partial charge in [0.2, 0.25) is 0 Å². The minimum absolute atomic E-state index is 0.196. The van der Waals surface area contributed by atoms with Gasteiger partial charge in [-0.2, -0.15) is 0 Å². The van der Waals surface area contributed by atoms with E-state index in [-0.39, 0.29) is 31.0 Å². The van der Waals surface area contributed by atoms with E-state index in [2.05, 4.69) is 0 Å². The molecular weight excluding hydrogens is 304 g/mol. The van der Waals surface area contributed by atoms with Crippen LogP contribution in [0.25, 0.3) is 0 Å². The fourth-order valence-electron chi connectivity index (χ4n) is 2.54. The first-order valence-corrected chi connectivity index (χ1v) is 8.62. The van der Waals surface area contributed by atoms with Gasteiger partial charge in [-0.3, -0.25) is 9.59 Å². The van der Waals surface area contributed by atoms with Crippen molar-refractivity contribution in [3.63, 3.8) is 0 Å². The maximum atomic E-state index is 13.0. The normalized spacial score (nSPS) is 11.9. The van der Waals surface area contributed by atoms with Crippen LogP contribution >= 0.6 is 0 Å². The van der Waals surface area contributed by atoms with Crippen LogP contribution in [0.4, 0.5) is 0 Å². The zero-order valence-electron chi connectivity index (χ0n) is 15.7. The molecule has 0 spiro atoms. The molecule has 0 aliphatic heterocycles.